The van der Waals surface area contributed by atoms with Crippen LogP contribution in [0, 0.1) is 5.92 Å². The summed E-state index contributed by atoms with van der Waals surface area (Å²) in [4.78, 5) is 4.48. The first-order valence-corrected chi connectivity index (χ1v) is 3.96. The van der Waals surface area contributed by atoms with Crippen LogP contribution in [0.15, 0.2) is 0 Å². The minimum Gasteiger partial charge on any atom is -0.316 e. The van der Waals surface area contributed by atoms with E-state index < -0.39 is 0 Å². The SMILES string of the molecule is NOCCCC1CCNC1. The Kier molecular flexibility index (Phi) is 3.72. The van der Waals surface area contributed by atoms with Crippen LogP contribution in [0.2, 0.25) is 0 Å². The molecule has 0 aromatic heterocycles. The third-order valence-electron chi connectivity index (χ3n) is 2.04. The van der Waals surface area contributed by atoms with Crippen molar-refractivity contribution < 1.29 is 4.84 Å². The summed E-state index contributed by atoms with van der Waals surface area (Å²) in [5, 5.41) is 3.33. The molecule has 3 heteroatoms. The summed E-state index contributed by atoms with van der Waals surface area (Å²) < 4.78 is 0. The molecule has 0 saturated carbocycles. The molecule has 0 aromatic rings. The number of rotatable bonds is 4. The predicted octanol–water partition coefficient (Wildman–Crippen LogP) is 0.266. The Morgan fingerprint density at radius 3 is 3.10 bits per heavy atom. The summed E-state index contributed by atoms with van der Waals surface area (Å²) in [6.45, 7) is 3.08. The van der Waals surface area contributed by atoms with E-state index in [1.165, 1.54) is 25.9 Å². The molecule has 3 nitrogen and oxygen atoms in total. The zero-order valence-electron chi connectivity index (χ0n) is 6.31. The van der Waals surface area contributed by atoms with Crippen LogP contribution in [0.1, 0.15) is 19.3 Å². The second kappa shape index (κ2) is 4.66. The highest BCUT2D eigenvalue weighted by atomic mass is 16.6. The fraction of sp³-hybridized carbons (Fsp3) is 1.00. The number of hydrogen-bond acceptors (Lipinski definition) is 3. The lowest BCUT2D eigenvalue weighted by Crippen LogP contribution is -2.10. The summed E-state index contributed by atoms with van der Waals surface area (Å²) >= 11 is 0. The molecule has 1 fully saturated rings. The molecule has 1 atom stereocenters. The van der Waals surface area contributed by atoms with Gasteiger partial charge in [0.25, 0.3) is 0 Å². The summed E-state index contributed by atoms with van der Waals surface area (Å²) in [6, 6.07) is 0. The van der Waals surface area contributed by atoms with E-state index in [-0.39, 0.29) is 0 Å². The lowest BCUT2D eigenvalue weighted by molar-refractivity contribution is 0.130. The van der Waals surface area contributed by atoms with Gasteiger partial charge in [-0.3, -0.25) is 0 Å². The van der Waals surface area contributed by atoms with E-state index in [0.29, 0.717) is 6.61 Å². The summed E-state index contributed by atoms with van der Waals surface area (Å²) in [6.07, 6.45) is 3.68. The smallest absolute Gasteiger partial charge is 0.0679 e. The molecule has 0 bridgehead atoms. The van der Waals surface area contributed by atoms with Crippen molar-refractivity contribution in [2.75, 3.05) is 19.7 Å². The van der Waals surface area contributed by atoms with Crippen molar-refractivity contribution in [2.45, 2.75) is 19.3 Å². The standard InChI is InChI=1S/C7H16N2O/c8-10-5-1-2-7-3-4-9-6-7/h7,9H,1-6,8H2. The molecule has 1 aliphatic heterocycles. The van der Waals surface area contributed by atoms with Crippen molar-refractivity contribution in [1.29, 1.82) is 0 Å². The topological polar surface area (TPSA) is 47.3 Å². The van der Waals surface area contributed by atoms with E-state index in [0.717, 1.165) is 12.3 Å². The van der Waals surface area contributed by atoms with Gasteiger partial charge in [0.05, 0.1) is 6.61 Å². The quantitative estimate of drug-likeness (QED) is 0.439. The van der Waals surface area contributed by atoms with E-state index in [9.17, 15) is 0 Å². The molecule has 0 amide bonds. The first-order valence-electron chi connectivity index (χ1n) is 3.96. The fourth-order valence-electron chi connectivity index (χ4n) is 1.42. The zero-order valence-corrected chi connectivity index (χ0v) is 6.31. The molecular formula is C7H16N2O. The van der Waals surface area contributed by atoms with Crippen LogP contribution in [-0.4, -0.2) is 19.7 Å². The van der Waals surface area contributed by atoms with Crippen LogP contribution < -0.4 is 11.2 Å². The van der Waals surface area contributed by atoms with E-state index in [4.69, 9.17) is 5.90 Å². The Hall–Kier alpha value is -0.120. The van der Waals surface area contributed by atoms with Gasteiger partial charge in [-0.15, -0.1) is 0 Å². The molecule has 1 heterocycles. The first-order chi connectivity index (χ1) is 4.93. The van der Waals surface area contributed by atoms with Crippen molar-refractivity contribution in [3.63, 3.8) is 0 Å². The summed E-state index contributed by atoms with van der Waals surface area (Å²) in [7, 11) is 0. The maximum Gasteiger partial charge on any atom is 0.0679 e. The molecule has 1 unspecified atom stereocenters. The summed E-state index contributed by atoms with van der Waals surface area (Å²) in [5.41, 5.74) is 0. The molecule has 1 saturated heterocycles. The van der Waals surface area contributed by atoms with Gasteiger partial charge in [0.2, 0.25) is 0 Å². The number of nitrogens with two attached hydrogens (primary N) is 1. The summed E-state index contributed by atoms with van der Waals surface area (Å²) in [5.74, 6) is 5.77. The highest BCUT2D eigenvalue weighted by Gasteiger charge is 2.12. The van der Waals surface area contributed by atoms with E-state index in [1.807, 2.05) is 0 Å². The molecule has 3 N–H and O–H groups in total. The Morgan fingerprint density at radius 2 is 2.50 bits per heavy atom. The predicted molar refractivity (Wildman–Crippen MR) is 40.4 cm³/mol. The van der Waals surface area contributed by atoms with Crippen LogP contribution in [-0.2, 0) is 4.84 Å². The van der Waals surface area contributed by atoms with Crippen molar-refractivity contribution in [1.82, 2.24) is 5.32 Å². The second-order valence-electron chi connectivity index (χ2n) is 2.87. The zero-order chi connectivity index (χ0) is 7.23. The molecule has 0 spiro atoms. The first kappa shape index (κ1) is 7.98. The second-order valence-corrected chi connectivity index (χ2v) is 2.87. The average Bonchev–Trinajstić information content (AvgIpc) is 2.41. The van der Waals surface area contributed by atoms with E-state index >= 15 is 0 Å². The minimum absolute atomic E-state index is 0.705. The third-order valence-corrected chi connectivity index (χ3v) is 2.04. The minimum atomic E-state index is 0.705. The van der Waals surface area contributed by atoms with Crippen LogP contribution in [0.3, 0.4) is 0 Å². The van der Waals surface area contributed by atoms with Gasteiger partial charge in [0, 0.05) is 0 Å². The molecule has 0 radical (unpaired) electrons. The lowest BCUT2D eigenvalue weighted by atomic mass is 10.0. The highest BCUT2D eigenvalue weighted by Crippen LogP contribution is 2.13. The normalized spacial score (nSPS) is 25.5. The molecule has 1 rings (SSSR count). The third kappa shape index (κ3) is 2.64. The van der Waals surface area contributed by atoms with Gasteiger partial charge in [0.1, 0.15) is 0 Å². The number of nitrogens with one attached hydrogen (secondary N) is 1. The van der Waals surface area contributed by atoms with Crippen LogP contribution >= 0.6 is 0 Å². The molecule has 0 aromatic carbocycles. The highest BCUT2D eigenvalue weighted by molar-refractivity contribution is 4.70. The fourth-order valence-corrected chi connectivity index (χ4v) is 1.42. The van der Waals surface area contributed by atoms with E-state index in [1.54, 1.807) is 0 Å². The lowest BCUT2D eigenvalue weighted by Gasteiger charge is -2.05. The van der Waals surface area contributed by atoms with Crippen LogP contribution in [0.4, 0.5) is 0 Å². The van der Waals surface area contributed by atoms with Gasteiger partial charge in [-0.25, -0.2) is 5.90 Å². The van der Waals surface area contributed by atoms with Crippen LogP contribution in [0.25, 0.3) is 0 Å². The molecule has 0 aliphatic carbocycles. The van der Waals surface area contributed by atoms with Gasteiger partial charge in [-0.05, 0) is 38.3 Å². The Balaban J connectivity index is 1.91. The van der Waals surface area contributed by atoms with E-state index in [2.05, 4.69) is 10.2 Å². The van der Waals surface area contributed by atoms with Gasteiger partial charge in [-0.1, -0.05) is 0 Å². The van der Waals surface area contributed by atoms with Crippen molar-refractivity contribution >= 4 is 0 Å². The molecule has 10 heavy (non-hydrogen) atoms. The largest absolute Gasteiger partial charge is 0.316 e. The molecule has 1 aliphatic rings. The maximum absolute atomic E-state index is 4.90. The van der Waals surface area contributed by atoms with Crippen molar-refractivity contribution in [3.8, 4) is 0 Å². The van der Waals surface area contributed by atoms with Gasteiger partial charge in [-0.2, -0.15) is 0 Å². The Bertz CT molecular complexity index is 81.7. The monoisotopic (exact) mass is 144 g/mol. The van der Waals surface area contributed by atoms with Gasteiger partial charge in [0.15, 0.2) is 0 Å². The van der Waals surface area contributed by atoms with Gasteiger partial charge < -0.3 is 10.2 Å². The number of hydrogen-bond donors (Lipinski definition) is 2. The molecular weight excluding hydrogens is 128 g/mol. The maximum atomic E-state index is 4.90. The van der Waals surface area contributed by atoms with Crippen molar-refractivity contribution in [2.24, 2.45) is 11.8 Å². The average molecular weight is 144 g/mol. The van der Waals surface area contributed by atoms with Crippen LogP contribution in [0.5, 0.6) is 0 Å². The Labute approximate surface area is 61.9 Å². The van der Waals surface area contributed by atoms with Gasteiger partial charge >= 0.3 is 0 Å². The Morgan fingerprint density at radius 1 is 1.60 bits per heavy atom. The van der Waals surface area contributed by atoms with Crippen molar-refractivity contribution in [3.05, 3.63) is 0 Å². The molecule has 60 valence electrons.